The SMILES string of the molecule is COc1nc(N)nc2c1ncn2[C@@H]1O[C@@H]2COP(=O)(OCC(=O)OC(C)C)O[C@H]2[C@@]1(C)OC(C)=O.COc1nc(N)nc2c1ncn2[C@@H]1O[C@@H]2CO[P@@](=O)(OCC(=O)OC(C)C)O[C@H]2[C@@]1(C)OC(C)=O.COc1nc(N)nc2c1ncn2[C@@H]1O[C@@H]2CO[P@](=O)(OCC(=O)OC(C)C)O[C@H]2[C@@]1(C)OC(C)=O. The molecule has 105 heavy (non-hydrogen) atoms. The van der Waals surface area contributed by atoms with Crippen LogP contribution in [0.3, 0.4) is 0 Å². The number of nitrogens with zero attached hydrogens (tertiary/aromatic N) is 12. The number of phosphoric acid groups is 3. The minimum atomic E-state index is -4.24. The molecule has 0 radical (unpaired) electrons. The molecular weight excluding hydrogens is 1470 g/mol. The van der Waals surface area contributed by atoms with E-state index < -0.39 is 151 Å². The number of methoxy groups -OCH3 is 3. The zero-order chi connectivity index (χ0) is 76.6. The average molecular weight is 1550 g/mol. The van der Waals surface area contributed by atoms with Crippen molar-refractivity contribution in [3.05, 3.63) is 19.0 Å². The van der Waals surface area contributed by atoms with Crippen LogP contribution >= 0.6 is 23.5 Å². The topological polar surface area (TPSA) is 556 Å². The fourth-order valence-corrected chi connectivity index (χ4v) is 16.2. The molecule has 0 amide bonds. The van der Waals surface area contributed by atoms with Gasteiger partial charge >= 0.3 is 59.3 Å². The number of nitrogen functional groups attached to an aromatic ring is 3. The first-order valence-corrected chi connectivity index (χ1v) is 36.2. The second-order valence-electron chi connectivity index (χ2n) is 24.9. The van der Waals surface area contributed by atoms with Crippen LogP contribution in [0.25, 0.3) is 33.5 Å². The molecule has 45 nitrogen and oxygen atoms in total. The van der Waals surface area contributed by atoms with Crippen molar-refractivity contribution < 1.29 is 140 Å². The lowest BCUT2D eigenvalue weighted by Gasteiger charge is -2.37. The largest absolute Gasteiger partial charge is 0.479 e. The maximum absolute atomic E-state index is 13.1. The molecule has 6 aliphatic rings. The Morgan fingerprint density at radius 1 is 0.457 bits per heavy atom. The zero-order valence-electron chi connectivity index (χ0n) is 59.1. The van der Waals surface area contributed by atoms with Gasteiger partial charge in [-0.2, -0.15) is 29.9 Å². The summed E-state index contributed by atoms with van der Waals surface area (Å²) in [6.07, 6.45) is -5.90. The van der Waals surface area contributed by atoms with Gasteiger partial charge in [0.2, 0.25) is 35.5 Å². The third-order valence-electron chi connectivity index (χ3n) is 15.8. The van der Waals surface area contributed by atoms with E-state index in [9.17, 15) is 42.5 Å². The first-order chi connectivity index (χ1) is 49.4. The van der Waals surface area contributed by atoms with E-state index in [4.69, 9.17) is 115 Å². The predicted molar refractivity (Wildman–Crippen MR) is 348 cm³/mol. The van der Waals surface area contributed by atoms with Crippen molar-refractivity contribution in [3.8, 4) is 17.6 Å². The van der Waals surface area contributed by atoms with E-state index >= 15 is 0 Å². The molecule has 6 aliphatic heterocycles. The highest BCUT2D eigenvalue weighted by molar-refractivity contribution is 7.49. The molecule has 0 saturated carbocycles. The van der Waals surface area contributed by atoms with Gasteiger partial charge in [-0.15, -0.1) is 0 Å². The van der Waals surface area contributed by atoms with Crippen molar-refractivity contribution >= 4 is 111 Å². The van der Waals surface area contributed by atoms with Gasteiger partial charge in [0.05, 0.1) is 78.4 Å². The number of ether oxygens (including phenoxy) is 12. The first kappa shape index (κ1) is 79.1. The number of esters is 6. The van der Waals surface area contributed by atoms with Gasteiger partial charge in [-0.05, 0) is 62.3 Å². The number of fused-ring (bicyclic) bond motifs is 6. The average Bonchev–Trinajstić information content (AvgIpc) is 1.58. The molecular formula is C57H78N15O30P3. The number of hydrogen-bond acceptors (Lipinski definition) is 42. The van der Waals surface area contributed by atoms with Crippen molar-refractivity contribution in [1.29, 1.82) is 0 Å². The summed E-state index contributed by atoms with van der Waals surface area (Å²) in [6.45, 7) is 15.5. The fraction of sp³-hybridized carbons (Fsp3) is 0.632. The number of aromatic nitrogens is 12. The van der Waals surface area contributed by atoms with Crippen LogP contribution in [-0.4, -0.2) is 227 Å². The third-order valence-corrected chi connectivity index (χ3v) is 20.0. The molecule has 576 valence electrons. The fourth-order valence-electron chi connectivity index (χ4n) is 12.0. The molecule has 12 heterocycles. The van der Waals surface area contributed by atoms with Crippen molar-refractivity contribution in [3.63, 3.8) is 0 Å². The molecule has 0 aromatic carbocycles. The van der Waals surface area contributed by atoms with Crippen LogP contribution in [0.4, 0.5) is 17.8 Å². The number of imidazole rings is 3. The maximum Gasteiger partial charge on any atom is 0.475 e. The van der Waals surface area contributed by atoms with Crippen LogP contribution in [0.15, 0.2) is 19.0 Å². The summed E-state index contributed by atoms with van der Waals surface area (Å²) in [5, 5.41) is 0. The molecule has 48 heteroatoms. The molecule has 0 aliphatic carbocycles. The summed E-state index contributed by atoms with van der Waals surface area (Å²) in [7, 11) is -8.50. The van der Waals surface area contributed by atoms with E-state index in [1.54, 1.807) is 62.3 Å². The van der Waals surface area contributed by atoms with Crippen molar-refractivity contribution in [2.45, 2.75) is 174 Å². The Labute approximate surface area is 595 Å². The van der Waals surface area contributed by atoms with E-state index in [-0.39, 0.29) is 90.6 Å². The summed E-state index contributed by atoms with van der Waals surface area (Å²) in [5.74, 6) is -4.00. The highest BCUT2D eigenvalue weighted by atomic mass is 31.2. The molecule has 0 bridgehead atoms. The zero-order valence-corrected chi connectivity index (χ0v) is 61.8. The van der Waals surface area contributed by atoms with Crippen molar-refractivity contribution in [2.24, 2.45) is 0 Å². The Hall–Kier alpha value is -8.52. The van der Waals surface area contributed by atoms with Gasteiger partial charge in [0, 0.05) is 20.8 Å². The normalized spacial score (nSPS) is 30.3. The minimum absolute atomic E-state index is 0.0773. The van der Waals surface area contributed by atoms with Gasteiger partial charge in [0.15, 0.2) is 88.8 Å². The van der Waals surface area contributed by atoms with Crippen molar-refractivity contribution in [1.82, 2.24) is 58.6 Å². The van der Waals surface area contributed by atoms with Crippen LogP contribution in [0, 0.1) is 0 Å². The number of hydrogen-bond donors (Lipinski definition) is 3. The first-order valence-electron chi connectivity index (χ1n) is 31.8. The van der Waals surface area contributed by atoms with Gasteiger partial charge in [0.1, 0.15) is 36.6 Å². The van der Waals surface area contributed by atoms with Gasteiger partial charge in [-0.25, -0.2) is 43.0 Å². The summed E-state index contributed by atoms with van der Waals surface area (Å²) in [4.78, 5) is 109. The predicted octanol–water partition coefficient (Wildman–Crippen LogP) is 3.38. The third kappa shape index (κ3) is 16.9. The standard InChI is InChI=1S/3C19H26N5O10P/c3*1-9(2)31-12(26)7-30-35(27)29-6-11-14(34-35)19(4,33-10(3)25)17(32-11)24-8-21-13-15(24)22-18(20)23-16(13)28-5/h3*8-9,11,14,17H,6-7H2,1-5H3,(H2,20,22,23)/t11-,14-,17-,19-,35?;11-,14-,17-,19-,35+;11-,14-,17-,19-,35-/m111/s1. The Bertz CT molecular complexity index is 4000. The minimum Gasteiger partial charge on any atom is -0.479 e. The molecule has 6 aromatic rings. The summed E-state index contributed by atoms with van der Waals surface area (Å²) in [5.41, 5.74) is 14.4. The highest BCUT2D eigenvalue weighted by Crippen LogP contribution is 2.63. The van der Waals surface area contributed by atoms with Gasteiger partial charge in [0.25, 0.3) is 0 Å². The second-order valence-corrected chi connectivity index (χ2v) is 29.8. The smallest absolute Gasteiger partial charge is 0.475 e. The van der Waals surface area contributed by atoms with Crippen LogP contribution in [0.1, 0.15) is 102 Å². The number of carbonyl (C=O) groups excluding carboxylic acids is 6. The number of nitrogens with two attached hydrogens (primary N) is 3. The second kappa shape index (κ2) is 31.1. The molecule has 6 saturated heterocycles. The molecule has 12 rings (SSSR count). The lowest BCUT2D eigenvalue weighted by molar-refractivity contribution is -0.176. The molecule has 6 fully saturated rings. The van der Waals surface area contributed by atoms with E-state index in [0.717, 1.165) is 0 Å². The molecule has 6 aromatic heterocycles. The molecule has 1 unspecified atom stereocenters. The summed E-state index contributed by atoms with van der Waals surface area (Å²) < 4.78 is 158. The van der Waals surface area contributed by atoms with E-state index in [0.29, 0.717) is 16.6 Å². The lowest BCUT2D eigenvalue weighted by Crippen LogP contribution is -2.50. The summed E-state index contributed by atoms with van der Waals surface area (Å²) >= 11 is 0. The quantitative estimate of drug-likeness (QED) is 0.0528. The molecule has 6 N–H and O–H groups in total. The van der Waals surface area contributed by atoms with Gasteiger partial charge in [-0.3, -0.25) is 68.8 Å². The van der Waals surface area contributed by atoms with Crippen molar-refractivity contribution in [2.75, 3.05) is 78.2 Å². The van der Waals surface area contributed by atoms with Crippen LogP contribution in [-0.2, 0) is 126 Å². The molecule has 0 spiro atoms. The van der Waals surface area contributed by atoms with Gasteiger partial charge < -0.3 is 74.0 Å². The Kier molecular flexibility index (Phi) is 23.4. The number of carbonyl (C=O) groups is 6. The Morgan fingerprint density at radius 3 is 0.924 bits per heavy atom. The van der Waals surface area contributed by atoms with E-state index in [2.05, 4.69) is 44.9 Å². The summed E-state index contributed by atoms with van der Waals surface area (Å²) in [6, 6.07) is 0. The Balaban J connectivity index is 0.000000169. The number of anilines is 3. The molecule has 15 atom stereocenters. The van der Waals surface area contributed by atoms with Crippen LogP contribution in [0.5, 0.6) is 17.6 Å². The number of rotatable bonds is 21. The highest BCUT2D eigenvalue weighted by Gasteiger charge is 2.66. The van der Waals surface area contributed by atoms with Crippen LogP contribution < -0.4 is 31.4 Å². The lowest BCUT2D eigenvalue weighted by atomic mass is 9.96. The number of phosphoric ester groups is 3. The van der Waals surface area contributed by atoms with E-state index in [1.807, 2.05) is 0 Å². The van der Waals surface area contributed by atoms with Gasteiger partial charge in [-0.1, -0.05) is 0 Å². The maximum atomic E-state index is 13.1. The monoisotopic (exact) mass is 1550 g/mol. The Morgan fingerprint density at radius 2 is 0.705 bits per heavy atom. The van der Waals surface area contributed by atoms with Crippen LogP contribution in [0.2, 0.25) is 0 Å². The van der Waals surface area contributed by atoms with E-state index in [1.165, 1.54) is 74.8 Å².